The molecule has 0 radical (unpaired) electrons. The molecule has 7 heteroatoms. The molecule has 3 heterocycles. The second kappa shape index (κ2) is 5.86. The molecule has 2 aromatic rings. The number of likely N-dealkylation sites (tertiary alicyclic amines) is 1. The van der Waals surface area contributed by atoms with Gasteiger partial charge in [-0.3, -0.25) is 9.59 Å². The standard InChI is InChI=1S/C19H21N3O4/c1-12-4-5-15-13(8-12)16(23)14(9-21(15)2)17(24)22-7-3-6-19(11-22)10-20-18(25)26-19/h4-5,8-9H,3,6-7,10-11H2,1-2H3,(H,20,25)/t19-/m0/s1. The number of piperidine rings is 1. The lowest BCUT2D eigenvalue weighted by Crippen LogP contribution is -2.52. The van der Waals surface area contributed by atoms with Crippen molar-refractivity contribution < 1.29 is 14.3 Å². The Morgan fingerprint density at radius 3 is 2.85 bits per heavy atom. The predicted molar refractivity (Wildman–Crippen MR) is 96.3 cm³/mol. The maximum absolute atomic E-state index is 13.1. The fourth-order valence-corrected chi connectivity index (χ4v) is 3.93. The van der Waals surface area contributed by atoms with E-state index < -0.39 is 11.7 Å². The van der Waals surface area contributed by atoms with Gasteiger partial charge in [0, 0.05) is 25.2 Å². The average Bonchev–Trinajstić information content (AvgIpc) is 2.97. The lowest BCUT2D eigenvalue weighted by atomic mass is 9.92. The van der Waals surface area contributed by atoms with E-state index in [2.05, 4.69) is 5.32 Å². The molecule has 1 spiro atoms. The minimum atomic E-state index is -0.677. The molecule has 2 aliphatic rings. The molecule has 2 fully saturated rings. The molecule has 2 saturated heterocycles. The zero-order valence-corrected chi connectivity index (χ0v) is 14.9. The number of carbonyl (C=O) groups is 2. The van der Waals surface area contributed by atoms with Crippen molar-refractivity contribution in [1.29, 1.82) is 0 Å². The van der Waals surface area contributed by atoms with Crippen LogP contribution in [0, 0.1) is 6.92 Å². The van der Waals surface area contributed by atoms with Crippen molar-refractivity contribution in [1.82, 2.24) is 14.8 Å². The lowest BCUT2D eigenvalue weighted by Gasteiger charge is -2.38. The molecule has 0 bridgehead atoms. The number of rotatable bonds is 1. The molecule has 2 aliphatic heterocycles. The highest BCUT2D eigenvalue weighted by Gasteiger charge is 2.45. The van der Waals surface area contributed by atoms with Crippen LogP contribution in [0.4, 0.5) is 4.79 Å². The number of ether oxygens (including phenoxy) is 1. The van der Waals surface area contributed by atoms with Gasteiger partial charge in [0.05, 0.1) is 18.6 Å². The van der Waals surface area contributed by atoms with E-state index in [1.54, 1.807) is 15.7 Å². The number of aromatic nitrogens is 1. The monoisotopic (exact) mass is 355 g/mol. The summed E-state index contributed by atoms with van der Waals surface area (Å²) in [6, 6.07) is 5.65. The van der Waals surface area contributed by atoms with E-state index in [4.69, 9.17) is 4.74 Å². The van der Waals surface area contributed by atoms with Crippen LogP contribution < -0.4 is 10.7 Å². The zero-order valence-electron chi connectivity index (χ0n) is 14.9. The first-order valence-corrected chi connectivity index (χ1v) is 8.75. The highest BCUT2D eigenvalue weighted by atomic mass is 16.6. The number of amides is 2. The third kappa shape index (κ3) is 2.64. The van der Waals surface area contributed by atoms with Crippen molar-refractivity contribution in [2.75, 3.05) is 19.6 Å². The topological polar surface area (TPSA) is 80.6 Å². The van der Waals surface area contributed by atoms with Gasteiger partial charge in [-0.25, -0.2) is 4.79 Å². The van der Waals surface area contributed by atoms with Gasteiger partial charge in [0.25, 0.3) is 5.91 Å². The van der Waals surface area contributed by atoms with E-state index in [0.717, 1.165) is 17.5 Å². The first-order valence-electron chi connectivity index (χ1n) is 8.75. The Morgan fingerprint density at radius 2 is 2.12 bits per heavy atom. The zero-order chi connectivity index (χ0) is 18.5. The van der Waals surface area contributed by atoms with Crippen LogP contribution in [0.25, 0.3) is 10.9 Å². The molecular formula is C19H21N3O4. The van der Waals surface area contributed by atoms with Crippen LogP contribution in [-0.2, 0) is 11.8 Å². The van der Waals surface area contributed by atoms with Crippen LogP contribution in [0.1, 0.15) is 28.8 Å². The molecule has 1 N–H and O–H groups in total. The number of carbonyl (C=O) groups excluding carboxylic acids is 2. The Labute approximate surface area is 150 Å². The van der Waals surface area contributed by atoms with Crippen LogP contribution in [0.2, 0.25) is 0 Å². The molecular weight excluding hydrogens is 334 g/mol. The summed E-state index contributed by atoms with van der Waals surface area (Å²) in [4.78, 5) is 39.1. The molecule has 1 aromatic heterocycles. The summed E-state index contributed by atoms with van der Waals surface area (Å²) in [5, 5.41) is 3.21. The Balaban J connectivity index is 1.71. The highest BCUT2D eigenvalue weighted by molar-refractivity contribution is 5.97. The van der Waals surface area contributed by atoms with Gasteiger partial charge in [0.15, 0.2) is 0 Å². The third-order valence-corrected chi connectivity index (χ3v) is 5.27. The summed E-state index contributed by atoms with van der Waals surface area (Å²) in [6.45, 7) is 3.17. The molecule has 0 aliphatic carbocycles. The second-order valence-electron chi connectivity index (χ2n) is 7.26. The number of nitrogens with one attached hydrogen (secondary N) is 1. The fraction of sp³-hybridized carbons (Fsp3) is 0.421. The maximum Gasteiger partial charge on any atom is 0.407 e. The number of aryl methyl sites for hydroxylation is 2. The lowest BCUT2D eigenvalue weighted by molar-refractivity contribution is -0.00510. The van der Waals surface area contributed by atoms with Gasteiger partial charge in [-0.15, -0.1) is 0 Å². The van der Waals surface area contributed by atoms with Crippen molar-refractivity contribution in [3.63, 3.8) is 0 Å². The van der Waals surface area contributed by atoms with Crippen LogP contribution in [0.3, 0.4) is 0 Å². The van der Waals surface area contributed by atoms with E-state index >= 15 is 0 Å². The van der Waals surface area contributed by atoms with Gasteiger partial charge in [0.2, 0.25) is 5.43 Å². The predicted octanol–water partition coefficient (Wildman–Crippen LogP) is 1.56. The van der Waals surface area contributed by atoms with Crippen LogP contribution >= 0.6 is 0 Å². The molecule has 1 aromatic carbocycles. The van der Waals surface area contributed by atoms with Crippen LogP contribution in [0.15, 0.2) is 29.2 Å². The Bertz CT molecular complexity index is 981. The number of alkyl carbamates (subject to hydrolysis) is 1. The summed E-state index contributed by atoms with van der Waals surface area (Å²) in [5.74, 6) is -0.309. The SMILES string of the molecule is Cc1ccc2c(c1)c(=O)c(C(=O)N1CCC[C@]3(CNC(=O)O3)C1)cn2C. The first-order chi connectivity index (χ1) is 12.4. The van der Waals surface area contributed by atoms with E-state index in [1.165, 1.54) is 0 Å². The second-order valence-corrected chi connectivity index (χ2v) is 7.26. The number of hydrogen-bond donors (Lipinski definition) is 1. The average molecular weight is 355 g/mol. The number of fused-ring (bicyclic) bond motifs is 1. The van der Waals surface area contributed by atoms with Crippen molar-refractivity contribution in [2.45, 2.75) is 25.4 Å². The van der Waals surface area contributed by atoms with Crippen molar-refractivity contribution >= 4 is 22.9 Å². The highest BCUT2D eigenvalue weighted by Crippen LogP contribution is 2.28. The van der Waals surface area contributed by atoms with Crippen LogP contribution in [-0.4, -0.2) is 46.7 Å². The minimum Gasteiger partial charge on any atom is -0.439 e. The van der Waals surface area contributed by atoms with Crippen molar-refractivity contribution in [3.8, 4) is 0 Å². The van der Waals surface area contributed by atoms with Gasteiger partial charge in [0.1, 0.15) is 11.2 Å². The number of pyridine rings is 1. The normalized spacial score (nSPS) is 22.5. The van der Waals surface area contributed by atoms with Gasteiger partial charge < -0.3 is 19.5 Å². The Morgan fingerprint density at radius 1 is 1.31 bits per heavy atom. The maximum atomic E-state index is 13.1. The molecule has 4 rings (SSSR count). The number of hydrogen-bond acceptors (Lipinski definition) is 4. The number of nitrogens with zero attached hydrogens (tertiary/aromatic N) is 2. The first kappa shape index (κ1) is 16.6. The van der Waals surface area contributed by atoms with E-state index in [1.807, 2.05) is 32.2 Å². The summed E-state index contributed by atoms with van der Waals surface area (Å²) in [7, 11) is 1.83. The summed E-state index contributed by atoms with van der Waals surface area (Å²) < 4.78 is 7.22. The summed E-state index contributed by atoms with van der Waals surface area (Å²) in [5.41, 5.74) is 0.984. The molecule has 26 heavy (non-hydrogen) atoms. The minimum absolute atomic E-state index is 0.153. The number of benzene rings is 1. The molecule has 2 amide bonds. The quantitative estimate of drug-likeness (QED) is 0.842. The molecule has 0 unspecified atom stereocenters. The van der Waals surface area contributed by atoms with Gasteiger partial charge >= 0.3 is 6.09 Å². The molecule has 136 valence electrons. The summed E-state index contributed by atoms with van der Waals surface area (Å²) >= 11 is 0. The van der Waals surface area contributed by atoms with Crippen LogP contribution in [0.5, 0.6) is 0 Å². The van der Waals surface area contributed by atoms with E-state index in [0.29, 0.717) is 31.4 Å². The fourth-order valence-electron chi connectivity index (χ4n) is 3.93. The van der Waals surface area contributed by atoms with Gasteiger partial charge in [-0.1, -0.05) is 11.6 Å². The van der Waals surface area contributed by atoms with Gasteiger partial charge in [-0.2, -0.15) is 0 Å². The largest absolute Gasteiger partial charge is 0.439 e. The van der Waals surface area contributed by atoms with Gasteiger partial charge in [-0.05, 0) is 31.9 Å². The molecule has 1 atom stereocenters. The van der Waals surface area contributed by atoms with E-state index in [-0.39, 0.29) is 16.9 Å². The third-order valence-electron chi connectivity index (χ3n) is 5.27. The Kier molecular flexibility index (Phi) is 3.75. The molecule has 7 nitrogen and oxygen atoms in total. The van der Waals surface area contributed by atoms with Crippen molar-refractivity contribution in [2.24, 2.45) is 7.05 Å². The smallest absolute Gasteiger partial charge is 0.407 e. The Hall–Kier alpha value is -2.83. The summed E-state index contributed by atoms with van der Waals surface area (Å²) in [6.07, 6.45) is 2.59. The van der Waals surface area contributed by atoms with Crippen molar-refractivity contribution in [3.05, 3.63) is 45.7 Å². The molecule has 0 saturated carbocycles. The van der Waals surface area contributed by atoms with E-state index in [9.17, 15) is 14.4 Å².